The molecule has 2 aliphatic rings. The number of rotatable bonds is 3. The Bertz CT molecular complexity index is 745. The van der Waals surface area contributed by atoms with E-state index in [1.165, 1.54) is 5.56 Å². The summed E-state index contributed by atoms with van der Waals surface area (Å²) in [6.07, 6.45) is 3.35. The number of hydrogen-bond acceptors (Lipinski definition) is 6. The van der Waals surface area contributed by atoms with Gasteiger partial charge in [0.1, 0.15) is 6.07 Å². The molecule has 6 nitrogen and oxygen atoms in total. The highest BCUT2D eigenvalue weighted by Crippen LogP contribution is 2.28. The summed E-state index contributed by atoms with van der Waals surface area (Å²) < 4.78 is 5.98. The number of nitrogens with zero attached hydrogens (tertiary/aromatic N) is 5. The summed E-state index contributed by atoms with van der Waals surface area (Å²) in [5, 5.41) is 9.26. The van der Waals surface area contributed by atoms with Gasteiger partial charge in [-0.15, -0.1) is 0 Å². The van der Waals surface area contributed by atoms with Gasteiger partial charge in [0.15, 0.2) is 11.5 Å². The molecule has 2 atom stereocenters. The third-order valence-electron chi connectivity index (χ3n) is 4.73. The van der Waals surface area contributed by atoms with Gasteiger partial charge in [0.2, 0.25) is 0 Å². The van der Waals surface area contributed by atoms with Crippen molar-refractivity contribution in [3.05, 3.63) is 54.0 Å². The quantitative estimate of drug-likeness (QED) is 0.852. The maximum atomic E-state index is 9.26. The van der Waals surface area contributed by atoms with Crippen LogP contribution in [-0.4, -0.2) is 53.3 Å². The first-order chi connectivity index (χ1) is 11.8. The molecule has 3 heterocycles. The van der Waals surface area contributed by atoms with Gasteiger partial charge in [-0.05, 0) is 5.56 Å². The summed E-state index contributed by atoms with van der Waals surface area (Å²) in [5.74, 6) is 0.665. The molecule has 1 aromatic carbocycles. The van der Waals surface area contributed by atoms with Crippen molar-refractivity contribution in [3.8, 4) is 6.07 Å². The smallest absolute Gasteiger partial charge is 0.183 e. The first-order valence-electron chi connectivity index (χ1n) is 8.21. The maximum absolute atomic E-state index is 9.26. The molecular formula is C18H19N5O. The highest BCUT2D eigenvalue weighted by atomic mass is 16.5. The fraction of sp³-hybridized carbons (Fsp3) is 0.389. The number of fused-ring (bicyclic) bond motifs is 1. The molecule has 0 saturated carbocycles. The fourth-order valence-electron chi connectivity index (χ4n) is 3.59. The summed E-state index contributed by atoms with van der Waals surface area (Å²) in [4.78, 5) is 13.1. The molecule has 0 N–H and O–H groups in total. The van der Waals surface area contributed by atoms with Gasteiger partial charge in [-0.2, -0.15) is 5.26 Å². The zero-order valence-corrected chi connectivity index (χ0v) is 13.4. The van der Waals surface area contributed by atoms with E-state index in [-0.39, 0.29) is 6.10 Å². The molecule has 0 radical (unpaired) electrons. The number of morpholine rings is 1. The number of ether oxygens (including phenoxy) is 1. The Morgan fingerprint density at radius 3 is 2.83 bits per heavy atom. The van der Waals surface area contributed by atoms with Crippen LogP contribution >= 0.6 is 0 Å². The molecule has 0 bridgehead atoms. The summed E-state index contributed by atoms with van der Waals surface area (Å²) in [5.41, 5.74) is 1.69. The van der Waals surface area contributed by atoms with Crippen molar-refractivity contribution in [2.75, 3.05) is 31.1 Å². The van der Waals surface area contributed by atoms with Crippen molar-refractivity contribution in [1.29, 1.82) is 5.26 Å². The fourth-order valence-corrected chi connectivity index (χ4v) is 3.59. The van der Waals surface area contributed by atoms with Crippen LogP contribution in [0, 0.1) is 11.3 Å². The van der Waals surface area contributed by atoms with Crippen molar-refractivity contribution >= 4 is 5.82 Å². The second kappa shape index (κ2) is 6.56. The number of aromatic nitrogens is 2. The van der Waals surface area contributed by atoms with Gasteiger partial charge in [-0.1, -0.05) is 30.3 Å². The minimum Gasteiger partial charge on any atom is -0.373 e. The van der Waals surface area contributed by atoms with Crippen LogP contribution in [0.25, 0.3) is 0 Å². The molecule has 2 saturated heterocycles. The van der Waals surface area contributed by atoms with Gasteiger partial charge in [-0.3, -0.25) is 4.90 Å². The standard InChI is InChI=1S/C18H19N5O/c19-10-15-18(21-7-6-20-15)23-12-16-17(13-23)24-9-8-22(16)11-14-4-2-1-3-5-14/h1-7,16-17H,8-9,11-13H2/t16-,17+/m0/s1. The van der Waals surface area contributed by atoms with E-state index in [0.29, 0.717) is 17.6 Å². The normalized spacial score (nSPS) is 23.7. The SMILES string of the molecule is N#Cc1nccnc1N1C[C@H]2OCCN(Cc3ccccc3)[C@H]2C1. The highest BCUT2D eigenvalue weighted by Gasteiger charge is 2.41. The zero-order valence-electron chi connectivity index (χ0n) is 13.4. The van der Waals surface area contributed by atoms with E-state index in [0.717, 1.165) is 32.8 Å². The topological polar surface area (TPSA) is 65.3 Å². The average Bonchev–Trinajstić information content (AvgIpc) is 3.08. The van der Waals surface area contributed by atoms with Gasteiger partial charge in [0, 0.05) is 38.6 Å². The number of nitriles is 1. The van der Waals surface area contributed by atoms with E-state index in [1.54, 1.807) is 12.4 Å². The van der Waals surface area contributed by atoms with Crippen LogP contribution in [0.1, 0.15) is 11.3 Å². The minimum absolute atomic E-state index is 0.149. The summed E-state index contributed by atoms with van der Waals surface area (Å²) in [6, 6.07) is 13.0. The molecule has 1 aromatic heterocycles. The molecule has 4 rings (SSSR count). The molecule has 2 aromatic rings. The Morgan fingerprint density at radius 1 is 1.17 bits per heavy atom. The van der Waals surface area contributed by atoms with Crippen LogP contribution in [0.4, 0.5) is 5.82 Å². The number of benzene rings is 1. The van der Waals surface area contributed by atoms with E-state index < -0.39 is 0 Å². The molecule has 122 valence electrons. The molecule has 0 unspecified atom stereocenters. The maximum Gasteiger partial charge on any atom is 0.183 e. The predicted octanol–water partition coefficient (Wildman–Crippen LogP) is 1.44. The molecule has 0 amide bonds. The molecule has 24 heavy (non-hydrogen) atoms. The van der Waals surface area contributed by atoms with Gasteiger partial charge in [0.05, 0.1) is 18.8 Å². The molecule has 0 aliphatic carbocycles. The molecule has 2 aliphatic heterocycles. The van der Waals surface area contributed by atoms with E-state index in [2.05, 4.69) is 50.1 Å². The predicted molar refractivity (Wildman–Crippen MR) is 89.3 cm³/mol. The van der Waals surface area contributed by atoms with E-state index in [9.17, 15) is 5.26 Å². The average molecular weight is 321 g/mol. The van der Waals surface area contributed by atoms with Crippen molar-refractivity contribution in [3.63, 3.8) is 0 Å². The zero-order chi connectivity index (χ0) is 16.4. The van der Waals surface area contributed by atoms with Gasteiger partial charge < -0.3 is 9.64 Å². The van der Waals surface area contributed by atoms with Crippen molar-refractivity contribution in [2.45, 2.75) is 18.7 Å². The van der Waals surface area contributed by atoms with Gasteiger partial charge in [-0.25, -0.2) is 9.97 Å². The molecule has 0 spiro atoms. The lowest BCUT2D eigenvalue weighted by molar-refractivity contribution is -0.0499. The van der Waals surface area contributed by atoms with Crippen LogP contribution in [0.5, 0.6) is 0 Å². The lowest BCUT2D eigenvalue weighted by Crippen LogP contribution is -2.50. The van der Waals surface area contributed by atoms with Crippen LogP contribution in [0.2, 0.25) is 0 Å². The number of anilines is 1. The van der Waals surface area contributed by atoms with Gasteiger partial charge >= 0.3 is 0 Å². The molecule has 2 fully saturated rings. The molecular weight excluding hydrogens is 302 g/mol. The van der Waals surface area contributed by atoms with Crippen molar-refractivity contribution < 1.29 is 4.74 Å². The van der Waals surface area contributed by atoms with Crippen molar-refractivity contribution in [1.82, 2.24) is 14.9 Å². The van der Waals surface area contributed by atoms with E-state index >= 15 is 0 Å². The van der Waals surface area contributed by atoms with Crippen LogP contribution < -0.4 is 4.90 Å². The number of hydrogen-bond donors (Lipinski definition) is 0. The van der Waals surface area contributed by atoms with Gasteiger partial charge in [0.25, 0.3) is 0 Å². The lowest BCUT2D eigenvalue weighted by atomic mass is 10.1. The lowest BCUT2D eigenvalue weighted by Gasteiger charge is -2.36. The minimum atomic E-state index is 0.149. The Kier molecular flexibility index (Phi) is 4.11. The Balaban J connectivity index is 1.53. The first-order valence-corrected chi connectivity index (χ1v) is 8.21. The summed E-state index contributed by atoms with van der Waals surface area (Å²) in [7, 11) is 0. The monoisotopic (exact) mass is 321 g/mol. The molecule has 6 heteroatoms. The first kappa shape index (κ1) is 15.1. The van der Waals surface area contributed by atoms with Crippen LogP contribution in [0.3, 0.4) is 0 Å². The Morgan fingerprint density at radius 2 is 2.00 bits per heavy atom. The third-order valence-corrected chi connectivity index (χ3v) is 4.73. The van der Waals surface area contributed by atoms with Crippen molar-refractivity contribution in [2.24, 2.45) is 0 Å². The highest BCUT2D eigenvalue weighted by molar-refractivity contribution is 5.51. The largest absolute Gasteiger partial charge is 0.373 e. The second-order valence-corrected chi connectivity index (χ2v) is 6.18. The second-order valence-electron chi connectivity index (χ2n) is 6.18. The van der Waals surface area contributed by atoms with Crippen LogP contribution in [0.15, 0.2) is 42.7 Å². The van der Waals surface area contributed by atoms with E-state index in [4.69, 9.17) is 4.74 Å². The third kappa shape index (κ3) is 2.84. The summed E-state index contributed by atoms with van der Waals surface area (Å²) >= 11 is 0. The van der Waals surface area contributed by atoms with Crippen LogP contribution in [-0.2, 0) is 11.3 Å². The van der Waals surface area contributed by atoms with E-state index in [1.807, 2.05) is 6.07 Å². The Hall–Kier alpha value is -2.49. The summed E-state index contributed by atoms with van der Waals surface area (Å²) in [6.45, 7) is 4.15. The Labute approximate surface area is 141 Å².